The lowest BCUT2D eigenvalue weighted by molar-refractivity contribution is 0.190. The van der Waals surface area contributed by atoms with E-state index < -0.39 is 15.2 Å². The monoisotopic (exact) mass is 897 g/mol. The fraction of sp³-hybridized carbons (Fsp3) is 1.00. The molecule has 0 saturated heterocycles. The Balaban J connectivity index is 4.66. The van der Waals surface area contributed by atoms with Gasteiger partial charge in [0, 0.05) is 13.1 Å². The second kappa shape index (κ2) is 45.6. The molecule has 0 fully saturated rings. The highest BCUT2D eigenvalue weighted by Gasteiger charge is 2.27. The minimum atomic E-state index is -3.19. The third kappa shape index (κ3) is 39.6. The van der Waals surface area contributed by atoms with E-state index in [2.05, 4.69) is 23.6 Å². The number of rotatable bonds is 51. The molecule has 0 saturated carbocycles. The van der Waals surface area contributed by atoms with Crippen LogP contribution in [0.4, 0.5) is 0 Å². The van der Waals surface area contributed by atoms with E-state index in [1.807, 2.05) is 0 Å². The Bertz CT molecular complexity index is 884. The largest absolute Gasteiger partial charge is 0.331 e. The lowest BCUT2D eigenvalue weighted by Gasteiger charge is -2.25. The average molecular weight is 897 g/mol. The van der Waals surface area contributed by atoms with Gasteiger partial charge >= 0.3 is 15.2 Å². The number of hydrogen-bond donors (Lipinski definition) is 4. The summed E-state index contributed by atoms with van der Waals surface area (Å²) in [5.74, 6) is 0. The molecule has 14 heteroatoms. The van der Waals surface area contributed by atoms with Gasteiger partial charge in [0.05, 0.1) is 38.8 Å². The van der Waals surface area contributed by atoms with E-state index in [1.54, 1.807) is 0 Å². The molecule has 60 heavy (non-hydrogen) atoms. The van der Waals surface area contributed by atoms with Gasteiger partial charge in [-0.1, -0.05) is 142 Å². The summed E-state index contributed by atoms with van der Waals surface area (Å²) < 4.78 is 52.1. The van der Waals surface area contributed by atoms with Gasteiger partial charge < -0.3 is 50.8 Å². The Hall–Kier alpha value is 0.0600. The van der Waals surface area contributed by atoms with Gasteiger partial charge in [0.1, 0.15) is 0 Å². The molecule has 362 valence electrons. The molecule has 0 heterocycles. The van der Waals surface area contributed by atoms with Crippen LogP contribution in [-0.2, 0) is 27.2 Å². The minimum Gasteiger partial charge on any atom is -0.330 e. The predicted molar refractivity (Wildman–Crippen MR) is 258 cm³/mol. The molecule has 0 aliphatic heterocycles. The van der Waals surface area contributed by atoms with Crippen LogP contribution in [0.15, 0.2) is 0 Å². The predicted octanol–water partition coefficient (Wildman–Crippen LogP) is 10.8. The second-order valence-electron chi connectivity index (χ2n) is 17.0. The highest BCUT2D eigenvalue weighted by atomic mass is 31.2. The third-order valence-corrected chi connectivity index (χ3v) is 15.1. The maximum Gasteiger partial charge on any atom is 0.331 e. The summed E-state index contributed by atoms with van der Waals surface area (Å²) in [7, 11) is -6.38. The first kappa shape index (κ1) is 60.1. The van der Waals surface area contributed by atoms with Gasteiger partial charge in [-0.2, -0.15) is 0 Å². The van der Waals surface area contributed by atoms with Crippen molar-refractivity contribution in [3.63, 3.8) is 0 Å². The highest BCUT2D eigenvalue weighted by molar-refractivity contribution is 7.54. The average Bonchev–Trinajstić information content (AvgIpc) is 3.25. The SMILES string of the molecule is CCCCCCCCCCOP(=O)(CCN(CCCN)CCCN)OCCCCCCCCCCOP(=O)(CCN(CCCN)CCCN)OCCCCCCCCCC. The molecular weight excluding hydrogens is 794 g/mol. The van der Waals surface area contributed by atoms with Crippen LogP contribution in [0.3, 0.4) is 0 Å². The summed E-state index contributed by atoms with van der Waals surface area (Å²) in [6.45, 7) is 13.8. The van der Waals surface area contributed by atoms with Crippen molar-refractivity contribution in [2.24, 2.45) is 22.9 Å². The second-order valence-corrected chi connectivity index (χ2v) is 21.4. The molecule has 0 radical (unpaired) electrons. The lowest BCUT2D eigenvalue weighted by Crippen LogP contribution is -2.31. The molecule has 12 nitrogen and oxygen atoms in total. The van der Waals surface area contributed by atoms with Gasteiger partial charge in [-0.25, -0.2) is 0 Å². The van der Waals surface area contributed by atoms with Crippen molar-refractivity contribution in [1.82, 2.24) is 9.80 Å². The van der Waals surface area contributed by atoms with Gasteiger partial charge in [-0.3, -0.25) is 9.13 Å². The van der Waals surface area contributed by atoms with Gasteiger partial charge in [0.25, 0.3) is 0 Å². The van der Waals surface area contributed by atoms with Crippen molar-refractivity contribution < 1.29 is 27.2 Å². The summed E-state index contributed by atoms with van der Waals surface area (Å²) in [6, 6.07) is 0. The van der Waals surface area contributed by atoms with Gasteiger partial charge in [0.2, 0.25) is 0 Å². The Kier molecular flexibility index (Phi) is 45.7. The van der Waals surface area contributed by atoms with Crippen molar-refractivity contribution in [2.45, 2.75) is 194 Å². The molecular formula is C46H102N6O6P2. The molecule has 0 aromatic heterocycles. The van der Waals surface area contributed by atoms with Crippen molar-refractivity contribution in [1.29, 1.82) is 0 Å². The van der Waals surface area contributed by atoms with E-state index in [1.165, 1.54) is 77.0 Å². The summed E-state index contributed by atoms with van der Waals surface area (Å²) in [5, 5.41) is 0. The van der Waals surface area contributed by atoms with Crippen molar-refractivity contribution in [3.8, 4) is 0 Å². The van der Waals surface area contributed by atoms with Gasteiger partial charge in [-0.15, -0.1) is 0 Å². The van der Waals surface area contributed by atoms with E-state index in [-0.39, 0.29) is 0 Å². The summed E-state index contributed by atoms with van der Waals surface area (Å²) in [5.41, 5.74) is 23.1. The maximum absolute atomic E-state index is 13.9. The third-order valence-electron chi connectivity index (χ3n) is 11.3. The quantitative estimate of drug-likeness (QED) is 0.0335. The molecule has 2 atom stereocenters. The van der Waals surface area contributed by atoms with Crippen LogP contribution in [0.2, 0.25) is 0 Å². The number of nitrogens with two attached hydrogens (primary N) is 4. The van der Waals surface area contributed by atoms with Crippen LogP contribution in [-0.4, -0.2) is 114 Å². The Labute approximate surface area is 371 Å². The van der Waals surface area contributed by atoms with E-state index >= 15 is 0 Å². The lowest BCUT2D eigenvalue weighted by atomic mass is 10.1. The first-order chi connectivity index (χ1) is 29.3. The van der Waals surface area contributed by atoms with Crippen LogP contribution >= 0.6 is 15.2 Å². The zero-order valence-electron chi connectivity index (χ0n) is 39.7. The first-order valence-electron chi connectivity index (χ1n) is 25.3. The van der Waals surface area contributed by atoms with Gasteiger partial charge in [0.15, 0.2) is 0 Å². The van der Waals surface area contributed by atoms with Crippen LogP contribution < -0.4 is 22.9 Å². The molecule has 8 N–H and O–H groups in total. The van der Waals surface area contributed by atoms with E-state index in [0.717, 1.165) is 129 Å². The zero-order valence-corrected chi connectivity index (χ0v) is 41.4. The smallest absolute Gasteiger partial charge is 0.330 e. The highest BCUT2D eigenvalue weighted by Crippen LogP contribution is 2.49. The normalized spacial score (nSPS) is 14.1. The molecule has 0 spiro atoms. The minimum absolute atomic E-state index is 0.408. The van der Waals surface area contributed by atoms with E-state index in [0.29, 0.717) is 78.0 Å². The molecule has 0 rings (SSSR count). The van der Waals surface area contributed by atoms with Crippen LogP contribution in [0.1, 0.15) is 194 Å². The Morgan fingerprint density at radius 2 is 0.533 bits per heavy atom. The molecule has 0 bridgehead atoms. The topological polar surface area (TPSA) is 182 Å². The van der Waals surface area contributed by atoms with Crippen LogP contribution in [0.25, 0.3) is 0 Å². The Morgan fingerprint density at radius 1 is 0.317 bits per heavy atom. The summed E-state index contributed by atoms with van der Waals surface area (Å²) in [6.07, 6.45) is 32.3. The summed E-state index contributed by atoms with van der Waals surface area (Å²) in [4.78, 5) is 4.61. The summed E-state index contributed by atoms with van der Waals surface area (Å²) >= 11 is 0. The van der Waals surface area contributed by atoms with Crippen molar-refractivity contribution in [2.75, 3.05) is 104 Å². The van der Waals surface area contributed by atoms with E-state index in [4.69, 9.17) is 41.0 Å². The number of unbranched alkanes of at least 4 members (excludes halogenated alkanes) is 21. The fourth-order valence-electron chi connectivity index (χ4n) is 7.34. The molecule has 0 aromatic carbocycles. The standard InChI is InChI=1S/C46H102N6O6P2/c1-3-5-7-9-11-15-19-23-41-55-59(53,45-39-51(35-27-31-47)36-28-32-48)57-43-25-21-17-13-14-18-22-26-44-58-60(54,46-40-52(37-29-33-49)38-30-34-50)56-42-24-20-16-12-10-8-6-4-2/h3-50H2,1-2H3. The molecule has 0 aliphatic rings. The van der Waals surface area contributed by atoms with Gasteiger partial charge in [-0.05, 0) is 104 Å². The van der Waals surface area contributed by atoms with E-state index in [9.17, 15) is 9.13 Å². The molecule has 2 unspecified atom stereocenters. The number of nitrogens with zero attached hydrogens (tertiary/aromatic N) is 2. The van der Waals surface area contributed by atoms with Crippen molar-refractivity contribution in [3.05, 3.63) is 0 Å². The maximum atomic E-state index is 13.9. The van der Waals surface area contributed by atoms with Crippen LogP contribution in [0, 0.1) is 0 Å². The Morgan fingerprint density at radius 3 is 0.750 bits per heavy atom. The molecule has 0 aliphatic carbocycles. The number of hydrogen-bond acceptors (Lipinski definition) is 12. The van der Waals surface area contributed by atoms with Crippen molar-refractivity contribution >= 4 is 15.2 Å². The molecule has 0 amide bonds. The first-order valence-corrected chi connectivity index (χ1v) is 28.8. The fourth-order valence-corrected chi connectivity index (χ4v) is 10.7. The van der Waals surface area contributed by atoms with Crippen LogP contribution in [0.5, 0.6) is 0 Å². The molecule has 0 aromatic rings. The zero-order chi connectivity index (χ0) is 44.1.